The molecular formula is C22H27BrN4O3. The summed E-state index contributed by atoms with van der Waals surface area (Å²) in [4.78, 5) is 29.6. The molecule has 2 amide bonds. The largest absolute Gasteiger partial charge is 0.379 e. The van der Waals surface area contributed by atoms with Gasteiger partial charge in [-0.15, -0.1) is 0 Å². The van der Waals surface area contributed by atoms with Crippen molar-refractivity contribution in [1.29, 1.82) is 0 Å². The molecule has 0 aromatic heterocycles. The summed E-state index contributed by atoms with van der Waals surface area (Å²) in [6.45, 7) is 4.57. The number of morpholine rings is 1. The maximum absolute atomic E-state index is 12.9. The van der Waals surface area contributed by atoms with Crippen LogP contribution in [0.15, 0.2) is 46.9 Å². The quantitative estimate of drug-likeness (QED) is 0.645. The lowest BCUT2D eigenvalue weighted by Gasteiger charge is -2.26. The number of hydrogen-bond acceptors (Lipinski definition) is 5. The first-order valence-electron chi connectivity index (χ1n) is 9.91. The fourth-order valence-corrected chi connectivity index (χ4v) is 3.74. The molecule has 0 aliphatic carbocycles. The lowest BCUT2D eigenvalue weighted by atomic mass is 10.1. The number of carbonyl (C=O) groups is 2. The molecule has 3 rings (SSSR count). The average Bonchev–Trinajstić information content (AvgIpc) is 2.74. The van der Waals surface area contributed by atoms with Gasteiger partial charge in [-0.05, 0) is 46.3 Å². The van der Waals surface area contributed by atoms with Gasteiger partial charge in [0.15, 0.2) is 0 Å². The Balaban J connectivity index is 1.69. The third-order valence-electron chi connectivity index (χ3n) is 4.92. The molecule has 0 saturated carbocycles. The number of hydrogen-bond donors (Lipinski definition) is 2. The van der Waals surface area contributed by atoms with Crippen molar-refractivity contribution in [3.8, 4) is 0 Å². The number of ether oxygens (including phenoxy) is 1. The summed E-state index contributed by atoms with van der Waals surface area (Å²) in [6, 6.07) is 12.6. The van der Waals surface area contributed by atoms with Crippen molar-refractivity contribution in [2.24, 2.45) is 0 Å². The van der Waals surface area contributed by atoms with Crippen molar-refractivity contribution in [3.63, 3.8) is 0 Å². The molecule has 0 unspecified atom stereocenters. The Hall–Kier alpha value is -2.42. The Labute approximate surface area is 185 Å². The van der Waals surface area contributed by atoms with E-state index in [9.17, 15) is 9.59 Å². The summed E-state index contributed by atoms with van der Waals surface area (Å²) in [5.74, 6) is -0.400. The van der Waals surface area contributed by atoms with Gasteiger partial charge in [0.25, 0.3) is 11.8 Å². The average molecular weight is 475 g/mol. The van der Waals surface area contributed by atoms with Gasteiger partial charge in [-0.3, -0.25) is 14.5 Å². The van der Waals surface area contributed by atoms with E-state index in [1.807, 2.05) is 43.3 Å². The standard InChI is InChI=1S/C22H27BrN4O3/c1-26(2)20-8-7-16(25-22(29)17-5-3-4-6-19(17)23)15-18(20)21(28)24-9-10-27-11-13-30-14-12-27/h3-8,15H,9-14H2,1-2H3,(H,24,28)(H,25,29). The molecule has 1 aliphatic rings. The SMILES string of the molecule is CN(C)c1ccc(NC(=O)c2ccccc2Br)cc1C(=O)NCCN1CCOCC1. The van der Waals surface area contributed by atoms with Crippen LogP contribution in [0.1, 0.15) is 20.7 Å². The summed E-state index contributed by atoms with van der Waals surface area (Å²) in [7, 11) is 3.78. The van der Waals surface area contributed by atoms with Crippen molar-refractivity contribution in [1.82, 2.24) is 10.2 Å². The van der Waals surface area contributed by atoms with E-state index in [-0.39, 0.29) is 11.8 Å². The molecule has 1 aliphatic heterocycles. The normalized spacial score (nSPS) is 14.2. The molecule has 2 N–H and O–H groups in total. The summed E-state index contributed by atoms with van der Waals surface area (Å²) < 4.78 is 6.07. The molecule has 8 heteroatoms. The van der Waals surface area contributed by atoms with Gasteiger partial charge in [-0.25, -0.2) is 0 Å². The molecule has 7 nitrogen and oxygen atoms in total. The minimum atomic E-state index is -0.237. The summed E-state index contributed by atoms with van der Waals surface area (Å²) in [6.07, 6.45) is 0. The van der Waals surface area contributed by atoms with E-state index in [0.29, 0.717) is 27.8 Å². The van der Waals surface area contributed by atoms with E-state index in [0.717, 1.165) is 38.5 Å². The first kappa shape index (κ1) is 22.3. The number of nitrogens with one attached hydrogen (secondary N) is 2. The van der Waals surface area contributed by atoms with Crippen LogP contribution in [0.5, 0.6) is 0 Å². The van der Waals surface area contributed by atoms with Gasteiger partial charge < -0.3 is 20.3 Å². The van der Waals surface area contributed by atoms with Gasteiger partial charge >= 0.3 is 0 Å². The number of carbonyl (C=O) groups excluding carboxylic acids is 2. The molecule has 0 bridgehead atoms. The zero-order valence-electron chi connectivity index (χ0n) is 17.3. The number of anilines is 2. The summed E-state index contributed by atoms with van der Waals surface area (Å²) in [5, 5.41) is 5.87. The Morgan fingerprint density at radius 2 is 1.80 bits per heavy atom. The molecule has 0 atom stereocenters. The zero-order valence-corrected chi connectivity index (χ0v) is 18.9. The van der Waals surface area contributed by atoms with Crippen LogP contribution in [-0.2, 0) is 4.74 Å². The highest BCUT2D eigenvalue weighted by molar-refractivity contribution is 9.10. The van der Waals surface area contributed by atoms with Crippen molar-refractivity contribution in [3.05, 3.63) is 58.1 Å². The number of benzene rings is 2. The van der Waals surface area contributed by atoms with E-state index in [1.54, 1.807) is 18.2 Å². The Morgan fingerprint density at radius 3 is 2.50 bits per heavy atom. The van der Waals surface area contributed by atoms with Crippen LogP contribution in [0.4, 0.5) is 11.4 Å². The second-order valence-electron chi connectivity index (χ2n) is 7.27. The van der Waals surface area contributed by atoms with E-state index in [2.05, 4.69) is 31.5 Å². The predicted octanol–water partition coefficient (Wildman–Crippen LogP) is 2.83. The van der Waals surface area contributed by atoms with Crippen molar-refractivity contribution in [2.45, 2.75) is 0 Å². The predicted molar refractivity (Wildman–Crippen MR) is 122 cm³/mol. The highest BCUT2D eigenvalue weighted by Gasteiger charge is 2.17. The van der Waals surface area contributed by atoms with E-state index in [4.69, 9.17) is 4.74 Å². The molecular weight excluding hydrogens is 448 g/mol. The zero-order chi connectivity index (χ0) is 21.5. The third-order valence-corrected chi connectivity index (χ3v) is 5.61. The lowest BCUT2D eigenvalue weighted by molar-refractivity contribution is 0.0383. The van der Waals surface area contributed by atoms with Gasteiger partial charge in [0.1, 0.15) is 0 Å². The molecule has 1 fully saturated rings. The smallest absolute Gasteiger partial charge is 0.256 e. The number of halogens is 1. The molecule has 0 radical (unpaired) electrons. The number of amides is 2. The van der Waals surface area contributed by atoms with Crippen LogP contribution in [0, 0.1) is 0 Å². The fourth-order valence-electron chi connectivity index (χ4n) is 3.28. The molecule has 1 heterocycles. The Kier molecular flexibility index (Phi) is 7.84. The molecule has 0 spiro atoms. The first-order chi connectivity index (χ1) is 14.5. The highest BCUT2D eigenvalue weighted by Crippen LogP contribution is 2.24. The molecule has 2 aromatic rings. The summed E-state index contributed by atoms with van der Waals surface area (Å²) >= 11 is 3.40. The van der Waals surface area contributed by atoms with Crippen LogP contribution in [-0.4, -0.2) is 70.2 Å². The van der Waals surface area contributed by atoms with Crippen LogP contribution in [0.2, 0.25) is 0 Å². The van der Waals surface area contributed by atoms with Gasteiger partial charge in [-0.1, -0.05) is 12.1 Å². The number of rotatable bonds is 7. The van der Waals surface area contributed by atoms with Crippen molar-refractivity contribution in [2.75, 3.05) is 63.7 Å². The first-order valence-corrected chi connectivity index (χ1v) is 10.7. The van der Waals surface area contributed by atoms with Crippen LogP contribution >= 0.6 is 15.9 Å². The highest BCUT2D eigenvalue weighted by atomic mass is 79.9. The van der Waals surface area contributed by atoms with Gasteiger partial charge in [0.2, 0.25) is 0 Å². The van der Waals surface area contributed by atoms with Crippen molar-refractivity contribution < 1.29 is 14.3 Å². The Bertz CT molecular complexity index is 898. The summed E-state index contributed by atoms with van der Waals surface area (Å²) in [5.41, 5.74) is 2.41. The molecule has 2 aromatic carbocycles. The van der Waals surface area contributed by atoms with Gasteiger partial charge in [-0.2, -0.15) is 0 Å². The molecule has 160 valence electrons. The second kappa shape index (κ2) is 10.6. The maximum Gasteiger partial charge on any atom is 0.256 e. The lowest BCUT2D eigenvalue weighted by Crippen LogP contribution is -2.41. The van der Waals surface area contributed by atoms with Crippen LogP contribution in [0.25, 0.3) is 0 Å². The maximum atomic E-state index is 12.9. The van der Waals surface area contributed by atoms with Gasteiger partial charge in [0, 0.05) is 56.1 Å². The van der Waals surface area contributed by atoms with E-state index >= 15 is 0 Å². The van der Waals surface area contributed by atoms with Crippen LogP contribution in [0.3, 0.4) is 0 Å². The minimum Gasteiger partial charge on any atom is -0.379 e. The van der Waals surface area contributed by atoms with E-state index in [1.165, 1.54) is 0 Å². The minimum absolute atomic E-state index is 0.163. The van der Waals surface area contributed by atoms with E-state index < -0.39 is 0 Å². The fraction of sp³-hybridized carbons (Fsp3) is 0.364. The number of nitrogens with zero attached hydrogens (tertiary/aromatic N) is 2. The van der Waals surface area contributed by atoms with Crippen LogP contribution < -0.4 is 15.5 Å². The third kappa shape index (κ3) is 5.81. The molecule has 30 heavy (non-hydrogen) atoms. The topological polar surface area (TPSA) is 73.9 Å². The second-order valence-corrected chi connectivity index (χ2v) is 8.12. The monoisotopic (exact) mass is 474 g/mol. The van der Waals surface area contributed by atoms with Crippen molar-refractivity contribution >= 4 is 39.1 Å². The Morgan fingerprint density at radius 1 is 1.07 bits per heavy atom. The molecule has 1 saturated heterocycles. The van der Waals surface area contributed by atoms with Gasteiger partial charge in [0.05, 0.1) is 24.3 Å².